The van der Waals surface area contributed by atoms with Crippen molar-refractivity contribution in [2.24, 2.45) is 0 Å². The Morgan fingerprint density at radius 2 is 2.00 bits per heavy atom. The van der Waals surface area contributed by atoms with Crippen molar-refractivity contribution in [1.29, 1.82) is 0 Å². The lowest BCUT2D eigenvalue weighted by molar-refractivity contribution is 0.174. The predicted octanol–water partition coefficient (Wildman–Crippen LogP) is 4.45. The minimum Gasteiger partial charge on any atom is -0.498 e. The fourth-order valence-electron chi connectivity index (χ4n) is 3.04. The molecule has 2 aliphatic rings. The van der Waals surface area contributed by atoms with Crippen molar-refractivity contribution in [3.8, 4) is 0 Å². The molecule has 1 heterocycles. The van der Waals surface area contributed by atoms with Gasteiger partial charge >= 0.3 is 0 Å². The highest BCUT2D eigenvalue weighted by Gasteiger charge is 2.10. The van der Waals surface area contributed by atoms with E-state index in [0.717, 1.165) is 32.3 Å². The van der Waals surface area contributed by atoms with Gasteiger partial charge in [-0.3, -0.25) is 0 Å². The molecule has 0 aromatic rings. The Balaban J connectivity index is 1.69. The molecule has 2 rings (SSSR count). The standard InChI is InChI=1S/C18H29NO/c1-2-10-17-11-5-6-12-18(17)20-16-9-15-19-13-7-3-4-8-14-19/h2,5,11H,1,3-4,6-10,12-16H2. The van der Waals surface area contributed by atoms with Crippen molar-refractivity contribution >= 4 is 0 Å². The Bertz CT molecular complexity index is 348. The Morgan fingerprint density at radius 1 is 1.20 bits per heavy atom. The lowest BCUT2D eigenvalue weighted by atomic mass is 10.0. The average Bonchev–Trinajstić information content (AvgIpc) is 2.74. The Kier molecular flexibility index (Phi) is 6.93. The lowest BCUT2D eigenvalue weighted by Crippen LogP contribution is -2.26. The molecule has 20 heavy (non-hydrogen) atoms. The molecule has 2 nitrogen and oxygen atoms in total. The van der Waals surface area contributed by atoms with Gasteiger partial charge in [-0.15, -0.1) is 6.58 Å². The summed E-state index contributed by atoms with van der Waals surface area (Å²) >= 11 is 0. The van der Waals surface area contributed by atoms with E-state index in [0.29, 0.717) is 0 Å². The number of hydrogen-bond acceptors (Lipinski definition) is 2. The van der Waals surface area contributed by atoms with Crippen LogP contribution in [0.15, 0.2) is 36.1 Å². The fraction of sp³-hybridized carbons (Fsp3) is 0.667. The number of rotatable bonds is 7. The van der Waals surface area contributed by atoms with Crippen LogP contribution < -0.4 is 0 Å². The Morgan fingerprint density at radius 3 is 2.75 bits per heavy atom. The van der Waals surface area contributed by atoms with Crippen LogP contribution in [-0.4, -0.2) is 31.1 Å². The van der Waals surface area contributed by atoms with E-state index in [9.17, 15) is 0 Å². The monoisotopic (exact) mass is 275 g/mol. The zero-order valence-electron chi connectivity index (χ0n) is 12.8. The van der Waals surface area contributed by atoms with Crippen LogP contribution in [0.1, 0.15) is 51.4 Å². The number of nitrogens with zero attached hydrogens (tertiary/aromatic N) is 1. The molecule has 0 saturated carbocycles. The maximum absolute atomic E-state index is 6.02. The first kappa shape index (κ1) is 15.4. The van der Waals surface area contributed by atoms with Gasteiger partial charge in [-0.1, -0.05) is 31.1 Å². The third kappa shape index (κ3) is 5.16. The van der Waals surface area contributed by atoms with Crippen LogP contribution >= 0.6 is 0 Å². The van der Waals surface area contributed by atoms with Gasteiger partial charge < -0.3 is 9.64 Å². The van der Waals surface area contributed by atoms with Gasteiger partial charge in [0.25, 0.3) is 0 Å². The summed E-state index contributed by atoms with van der Waals surface area (Å²) in [6.07, 6.45) is 16.2. The van der Waals surface area contributed by atoms with E-state index in [1.165, 1.54) is 56.6 Å². The van der Waals surface area contributed by atoms with Crippen molar-refractivity contribution in [2.45, 2.75) is 51.4 Å². The van der Waals surface area contributed by atoms with Gasteiger partial charge in [0.1, 0.15) is 0 Å². The molecule has 1 aliphatic carbocycles. The highest BCUT2D eigenvalue weighted by Crippen LogP contribution is 2.23. The molecule has 1 saturated heterocycles. The summed E-state index contributed by atoms with van der Waals surface area (Å²) in [6.45, 7) is 8.45. The van der Waals surface area contributed by atoms with E-state index in [1.807, 2.05) is 6.08 Å². The second-order valence-corrected chi connectivity index (χ2v) is 5.84. The first-order valence-electron chi connectivity index (χ1n) is 8.25. The summed E-state index contributed by atoms with van der Waals surface area (Å²) in [5.74, 6) is 1.20. The van der Waals surface area contributed by atoms with Crippen LogP contribution in [0.2, 0.25) is 0 Å². The molecule has 2 heteroatoms. The Hall–Kier alpha value is -1.02. The largest absolute Gasteiger partial charge is 0.498 e. The van der Waals surface area contributed by atoms with E-state index >= 15 is 0 Å². The summed E-state index contributed by atoms with van der Waals surface area (Å²) in [5.41, 5.74) is 1.32. The lowest BCUT2D eigenvalue weighted by Gasteiger charge is -2.21. The first-order valence-corrected chi connectivity index (χ1v) is 8.25. The van der Waals surface area contributed by atoms with Crippen LogP contribution in [0.4, 0.5) is 0 Å². The fourth-order valence-corrected chi connectivity index (χ4v) is 3.04. The summed E-state index contributed by atoms with van der Waals surface area (Å²) in [4.78, 5) is 2.61. The van der Waals surface area contributed by atoms with Gasteiger partial charge in [0.05, 0.1) is 12.4 Å². The van der Waals surface area contributed by atoms with Crippen molar-refractivity contribution < 1.29 is 4.74 Å². The van der Waals surface area contributed by atoms with Crippen molar-refractivity contribution in [1.82, 2.24) is 4.90 Å². The maximum atomic E-state index is 6.02. The predicted molar refractivity (Wildman–Crippen MR) is 85.7 cm³/mol. The third-order valence-corrected chi connectivity index (χ3v) is 4.17. The van der Waals surface area contributed by atoms with Crippen molar-refractivity contribution in [3.63, 3.8) is 0 Å². The third-order valence-electron chi connectivity index (χ3n) is 4.17. The maximum Gasteiger partial charge on any atom is 0.0997 e. The van der Waals surface area contributed by atoms with Crippen LogP contribution in [0.25, 0.3) is 0 Å². The molecule has 1 aliphatic heterocycles. The zero-order chi connectivity index (χ0) is 14.0. The highest BCUT2D eigenvalue weighted by atomic mass is 16.5. The van der Waals surface area contributed by atoms with Gasteiger partial charge in [-0.05, 0) is 50.8 Å². The molecule has 0 unspecified atom stereocenters. The summed E-state index contributed by atoms with van der Waals surface area (Å²) in [6, 6.07) is 0. The molecule has 0 atom stereocenters. The molecular weight excluding hydrogens is 246 g/mol. The van der Waals surface area contributed by atoms with E-state index in [-0.39, 0.29) is 0 Å². The summed E-state index contributed by atoms with van der Waals surface area (Å²) in [5, 5.41) is 0. The summed E-state index contributed by atoms with van der Waals surface area (Å²) < 4.78 is 6.02. The molecule has 0 radical (unpaired) electrons. The molecule has 0 bridgehead atoms. The van der Waals surface area contributed by atoms with E-state index < -0.39 is 0 Å². The topological polar surface area (TPSA) is 12.5 Å². The molecule has 0 spiro atoms. The highest BCUT2D eigenvalue weighted by molar-refractivity contribution is 5.28. The van der Waals surface area contributed by atoms with Gasteiger partial charge in [0.2, 0.25) is 0 Å². The number of allylic oxidation sites excluding steroid dienone is 5. The average molecular weight is 275 g/mol. The number of ether oxygens (including phenoxy) is 1. The number of likely N-dealkylation sites (tertiary alicyclic amines) is 1. The second kappa shape index (κ2) is 9.02. The smallest absolute Gasteiger partial charge is 0.0997 e. The molecule has 0 amide bonds. The van der Waals surface area contributed by atoms with E-state index in [1.54, 1.807) is 0 Å². The van der Waals surface area contributed by atoms with E-state index in [2.05, 4.69) is 23.6 Å². The number of hydrogen-bond donors (Lipinski definition) is 0. The van der Waals surface area contributed by atoms with Gasteiger partial charge in [-0.2, -0.15) is 0 Å². The molecule has 112 valence electrons. The van der Waals surface area contributed by atoms with Crippen molar-refractivity contribution in [3.05, 3.63) is 36.1 Å². The SMILES string of the molecule is C=CCC1=C(OCCCN2CCCCCC2)CCC=C1. The van der Waals surface area contributed by atoms with E-state index in [4.69, 9.17) is 4.74 Å². The minimum atomic E-state index is 0.861. The summed E-state index contributed by atoms with van der Waals surface area (Å²) in [7, 11) is 0. The second-order valence-electron chi connectivity index (χ2n) is 5.84. The van der Waals surface area contributed by atoms with Crippen LogP contribution in [0.3, 0.4) is 0 Å². The zero-order valence-corrected chi connectivity index (χ0v) is 12.8. The van der Waals surface area contributed by atoms with Gasteiger partial charge in [-0.25, -0.2) is 0 Å². The van der Waals surface area contributed by atoms with Crippen LogP contribution in [0.5, 0.6) is 0 Å². The molecule has 1 fully saturated rings. The van der Waals surface area contributed by atoms with Crippen LogP contribution in [0, 0.1) is 0 Å². The molecule has 0 N–H and O–H groups in total. The molecule has 0 aromatic heterocycles. The molecule has 0 aromatic carbocycles. The van der Waals surface area contributed by atoms with Gasteiger partial charge in [0, 0.05) is 13.0 Å². The normalized spacial score (nSPS) is 20.8. The Labute approximate surface area is 124 Å². The quantitative estimate of drug-likeness (QED) is 0.503. The first-order chi connectivity index (χ1) is 9.90. The van der Waals surface area contributed by atoms with Crippen LogP contribution in [-0.2, 0) is 4.74 Å². The van der Waals surface area contributed by atoms with Crippen molar-refractivity contribution in [2.75, 3.05) is 26.2 Å². The minimum absolute atomic E-state index is 0.861. The van der Waals surface area contributed by atoms with Gasteiger partial charge in [0.15, 0.2) is 0 Å². The molecular formula is C18H29NO.